The Morgan fingerprint density at radius 2 is 1.88 bits per heavy atom. The fourth-order valence-electron chi connectivity index (χ4n) is 3.96. The highest BCUT2D eigenvalue weighted by Crippen LogP contribution is 2.29. The maximum absolute atomic E-state index is 14.5. The summed E-state index contributed by atoms with van der Waals surface area (Å²) in [5.74, 6) is -0.193. The molecule has 0 saturated carbocycles. The maximum atomic E-state index is 14.5. The summed E-state index contributed by atoms with van der Waals surface area (Å²) in [7, 11) is 3.38. The van der Waals surface area contributed by atoms with Gasteiger partial charge in [0.25, 0.3) is 0 Å². The van der Waals surface area contributed by atoms with Crippen molar-refractivity contribution in [3.63, 3.8) is 0 Å². The Hall–Kier alpha value is -3.45. The standard InChI is InChI=1S/C25H28FN5O/c1-16-8-6-7-9-23(16)31-14-20(13-27-17(2)21-15-30(4)28-18(21)3)25(29-31)19-10-11-24(32-5)22(26)12-19/h6-12,14-15,17,27H,13H2,1-5H3/t17-/m1/s1. The van der Waals surface area contributed by atoms with E-state index in [1.54, 1.807) is 6.07 Å². The van der Waals surface area contributed by atoms with Crippen LogP contribution in [0.2, 0.25) is 0 Å². The molecule has 0 aliphatic carbocycles. The molecule has 6 nitrogen and oxygen atoms in total. The summed E-state index contributed by atoms with van der Waals surface area (Å²) in [4.78, 5) is 0. The van der Waals surface area contributed by atoms with Crippen LogP contribution in [0, 0.1) is 19.7 Å². The topological polar surface area (TPSA) is 56.9 Å². The molecule has 0 aliphatic rings. The summed E-state index contributed by atoms with van der Waals surface area (Å²) in [6.07, 6.45) is 4.04. The third kappa shape index (κ3) is 4.29. The van der Waals surface area contributed by atoms with Crippen LogP contribution in [0.1, 0.15) is 35.3 Å². The number of halogens is 1. The van der Waals surface area contributed by atoms with Crippen molar-refractivity contribution in [2.45, 2.75) is 33.4 Å². The van der Waals surface area contributed by atoms with Gasteiger partial charge in [0.1, 0.15) is 0 Å². The molecule has 0 saturated heterocycles. The van der Waals surface area contributed by atoms with Crippen LogP contribution in [0.25, 0.3) is 16.9 Å². The minimum Gasteiger partial charge on any atom is -0.494 e. The van der Waals surface area contributed by atoms with Crippen LogP contribution in [0.5, 0.6) is 5.75 Å². The van der Waals surface area contributed by atoms with Crippen LogP contribution in [0.15, 0.2) is 54.9 Å². The summed E-state index contributed by atoms with van der Waals surface area (Å²) < 4.78 is 23.2. The number of hydrogen-bond donors (Lipinski definition) is 1. The van der Waals surface area contributed by atoms with Crippen molar-refractivity contribution < 1.29 is 9.13 Å². The van der Waals surface area contributed by atoms with Crippen LogP contribution in [0.4, 0.5) is 4.39 Å². The van der Waals surface area contributed by atoms with Gasteiger partial charge >= 0.3 is 0 Å². The van der Waals surface area contributed by atoms with Crippen LogP contribution in [-0.4, -0.2) is 26.7 Å². The van der Waals surface area contributed by atoms with Gasteiger partial charge in [-0.2, -0.15) is 10.2 Å². The summed E-state index contributed by atoms with van der Waals surface area (Å²) in [6.45, 7) is 6.75. The van der Waals surface area contributed by atoms with Gasteiger partial charge in [0, 0.05) is 48.7 Å². The number of para-hydroxylation sites is 1. The summed E-state index contributed by atoms with van der Waals surface area (Å²) >= 11 is 0. The Morgan fingerprint density at radius 1 is 1.09 bits per heavy atom. The van der Waals surface area contributed by atoms with E-state index in [1.165, 1.54) is 13.2 Å². The van der Waals surface area contributed by atoms with Crippen molar-refractivity contribution in [1.29, 1.82) is 0 Å². The lowest BCUT2D eigenvalue weighted by atomic mass is 10.1. The SMILES string of the molecule is COc1ccc(-c2nn(-c3ccccc3C)cc2CN[C@H](C)c2cn(C)nc2C)cc1F. The molecular weight excluding hydrogens is 405 g/mol. The van der Waals surface area contributed by atoms with Crippen LogP contribution in [-0.2, 0) is 13.6 Å². The maximum Gasteiger partial charge on any atom is 0.165 e. The van der Waals surface area contributed by atoms with E-state index in [9.17, 15) is 4.39 Å². The lowest BCUT2D eigenvalue weighted by Crippen LogP contribution is -2.18. The number of ether oxygens (including phenoxy) is 1. The van der Waals surface area contributed by atoms with Crippen molar-refractivity contribution in [2.75, 3.05) is 7.11 Å². The van der Waals surface area contributed by atoms with Gasteiger partial charge < -0.3 is 10.1 Å². The van der Waals surface area contributed by atoms with E-state index in [0.717, 1.165) is 33.8 Å². The Morgan fingerprint density at radius 3 is 2.53 bits per heavy atom. The molecular formula is C25H28FN5O. The van der Waals surface area contributed by atoms with Crippen molar-refractivity contribution >= 4 is 0 Å². The zero-order chi connectivity index (χ0) is 22.8. The highest BCUT2D eigenvalue weighted by Gasteiger charge is 2.17. The Kier molecular flexibility index (Phi) is 6.10. The number of aryl methyl sites for hydroxylation is 3. The molecule has 1 atom stereocenters. The molecule has 4 aromatic rings. The molecule has 2 aromatic carbocycles. The smallest absolute Gasteiger partial charge is 0.165 e. The number of rotatable bonds is 7. The van der Waals surface area contributed by atoms with Gasteiger partial charge in [0.05, 0.1) is 24.2 Å². The van der Waals surface area contributed by atoms with Gasteiger partial charge in [-0.25, -0.2) is 9.07 Å². The van der Waals surface area contributed by atoms with E-state index in [2.05, 4.69) is 30.3 Å². The van der Waals surface area contributed by atoms with E-state index in [0.29, 0.717) is 12.1 Å². The van der Waals surface area contributed by atoms with E-state index in [1.807, 2.05) is 60.0 Å². The molecule has 0 bridgehead atoms. The number of benzene rings is 2. The van der Waals surface area contributed by atoms with Crippen LogP contribution in [0.3, 0.4) is 0 Å². The molecule has 1 N–H and O–H groups in total. The van der Waals surface area contributed by atoms with Crippen LogP contribution < -0.4 is 10.1 Å². The molecule has 0 amide bonds. The highest BCUT2D eigenvalue weighted by atomic mass is 19.1. The van der Waals surface area contributed by atoms with Crippen molar-refractivity contribution in [1.82, 2.24) is 24.9 Å². The Labute approximate surface area is 187 Å². The highest BCUT2D eigenvalue weighted by molar-refractivity contribution is 5.64. The molecule has 7 heteroatoms. The first kappa shape index (κ1) is 21.8. The summed E-state index contributed by atoms with van der Waals surface area (Å²) in [5, 5.41) is 12.8. The zero-order valence-corrected chi connectivity index (χ0v) is 19.1. The number of nitrogens with one attached hydrogen (secondary N) is 1. The predicted molar refractivity (Wildman–Crippen MR) is 123 cm³/mol. The minimum absolute atomic E-state index is 0.103. The van der Waals surface area contributed by atoms with Crippen molar-refractivity contribution in [2.24, 2.45) is 7.05 Å². The number of nitrogens with zero attached hydrogens (tertiary/aromatic N) is 4. The van der Waals surface area contributed by atoms with Gasteiger partial charge in [-0.1, -0.05) is 18.2 Å². The summed E-state index contributed by atoms with van der Waals surface area (Å²) in [6, 6.07) is 13.1. The normalized spacial score (nSPS) is 12.2. The molecule has 0 unspecified atom stereocenters. The van der Waals surface area contributed by atoms with Gasteiger partial charge in [0.2, 0.25) is 0 Å². The fourth-order valence-corrected chi connectivity index (χ4v) is 3.96. The first-order valence-corrected chi connectivity index (χ1v) is 10.6. The number of aromatic nitrogens is 4. The second-order valence-electron chi connectivity index (χ2n) is 8.03. The molecule has 32 heavy (non-hydrogen) atoms. The molecule has 0 aliphatic heterocycles. The van der Waals surface area contributed by atoms with E-state index in [-0.39, 0.29) is 11.8 Å². The third-order valence-electron chi connectivity index (χ3n) is 5.69. The molecule has 0 fully saturated rings. The largest absolute Gasteiger partial charge is 0.494 e. The Bertz CT molecular complexity index is 1240. The van der Waals surface area contributed by atoms with Gasteiger partial charge in [0.15, 0.2) is 11.6 Å². The first-order chi connectivity index (χ1) is 15.4. The predicted octanol–water partition coefficient (Wildman–Crippen LogP) is 4.89. The van der Waals surface area contributed by atoms with E-state index >= 15 is 0 Å². The van der Waals surface area contributed by atoms with E-state index < -0.39 is 5.82 Å². The lowest BCUT2D eigenvalue weighted by Gasteiger charge is -2.13. The van der Waals surface area contributed by atoms with Gasteiger partial charge in [-0.15, -0.1) is 0 Å². The average Bonchev–Trinajstić information content (AvgIpc) is 3.35. The van der Waals surface area contributed by atoms with Crippen molar-refractivity contribution in [3.8, 4) is 22.7 Å². The van der Waals surface area contributed by atoms with Gasteiger partial charge in [-0.3, -0.25) is 4.68 Å². The van der Waals surface area contributed by atoms with Gasteiger partial charge in [-0.05, 0) is 50.6 Å². The molecule has 0 spiro atoms. The monoisotopic (exact) mass is 433 g/mol. The molecule has 2 aromatic heterocycles. The zero-order valence-electron chi connectivity index (χ0n) is 19.1. The first-order valence-electron chi connectivity index (χ1n) is 10.6. The molecule has 4 rings (SSSR count). The minimum atomic E-state index is -0.409. The third-order valence-corrected chi connectivity index (χ3v) is 5.69. The molecule has 0 radical (unpaired) electrons. The number of hydrogen-bond acceptors (Lipinski definition) is 4. The second-order valence-corrected chi connectivity index (χ2v) is 8.03. The fraction of sp³-hybridized carbons (Fsp3) is 0.280. The van der Waals surface area contributed by atoms with E-state index in [4.69, 9.17) is 9.84 Å². The second kappa shape index (κ2) is 8.96. The van der Waals surface area contributed by atoms with Crippen LogP contribution >= 0.6 is 0 Å². The Balaban J connectivity index is 1.70. The number of methoxy groups -OCH3 is 1. The quantitative estimate of drug-likeness (QED) is 0.451. The summed E-state index contributed by atoms with van der Waals surface area (Å²) in [5.41, 5.74) is 6.67. The van der Waals surface area contributed by atoms with Crippen molar-refractivity contribution in [3.05, 3.63) is 83.1 Å². The lowest BCUT2D eigenvalue weighted by molar-refractivity contribution is 0.386. The average molecular weight is 434 g/mol. The molecule has 166 valence electrons. The molecule has 2 heterocycles.